The largest absolute Gasteiger partial charge is 0.372 e. The SMILES string of the molecule is CCCCCCCCCCCC(=O)OOC(=O)C(N)CCC(N)=O. The van der Waals surface area contributed by atoms with Crippen LogP contribution in [0, 0.1) is 0 Å². The van der Waals surface area contributed by atoms with E-state index in [4.69, 9.17) is 11.5 Å². The van der Waals surface area contributed by atoms with Crippen LogP contribution in [0.25, 0.3) is 0 Å². The molecule has 1 atom stereocenters. The Hall–Kier alpha value is -1.63. The van der Waals surface area contributed by atoms with Crippen molar-refractivity contribution in [2.45, 2.75) is 90.0 Å². The maximum Gasteiger partial charge on any atom is 0.372 e. The zero-order valence-electron chi connectivity index (χ0n) is 14.8. The fraction of sp³-hybridized carbons (Fsp3) is 0.824. The molecule has 0 saturated heterocycles. The zero-order chi connectivity index (χ0) is 18.2. The number of carbonyl (C=O) groups is 3. The van der Waals surface area contributed by atoms with E-state index in [0.717, 1.165) is 12.8 Å². The van der Waals surface area contributed by atoms with Gasteiger partial charge in [0.15, 0.2) is 0 Å². The van der Waals surface area contributed by atoms with E-state index < -0.39 is 23.9 Å². The van der Waals surface area contributed by atoms with Crippen LogP contribution in [0.5, 0.6) is 0 Å². The Morgan fingerprint density at radius 3 is 1.92 bits per heavy atom. The third kappa shape index (κ3) is 14.0. The monoisotopic (exact) mass is 344 g/mol. The Morgan fingerprint density at radius 2 is 1.38 bits per heavy atom. The Morgan fingerprint density at radius 1 is 0.833 bits per heavy atom. The van der Waals surface area contributed by atoms with Gasteiger partial charge in [0.05, 0.1) is 6.42 Å². The molecule has 4 N–H and O–H groups in total. The molecule has 140 valence electrons. The summed E-state index contributed by atoms with van der Waals surface area (Å²) in [6.45, 7) is 2.20. The Kier molecular flexibility index (Phi) is 13.9. The number of amides is 1. The van der Waals surface area contributed by atoms with Crippen LogP contribution < -0.4 is 11.5 Å². The highest BCUT2D eigenvalue weighted by atomic mass is 17.2. The second-order valence-electron chi connectivity index (χ2n) is 6.05. The first kappa shape index (κ1) is 22.4. The van der Waals surface area contributed by atoms with Crippen molar-refractivity contribution in [2.24, 2.45) is 11.5 Å². The third-order valence-electron chi connectivity index (χ3n) is 3.71. The molecule has 1 unspecified atom stereocenters. The second kappa shape index (κ2) is 14.9. The van der Waals surface area contributed by atoms with E-state index in [2.05, 4.69) is 16.7 Å². The van der Waals surface area contributed by atoms with Gasteiger partial charge in [0.1, 0.15) is 6.04 Å². The summed E-state index contributed by atoms with van der Waals surface area (Å²) in [5.41, 5.74) is 10.4. The molecule has 7 nitrogen and oxygen atoms in total. The van der Waals surface area contributed by atoms with Gasteiger partial charge in [0.25, 0.3) is 0 Å². The summed E-state index contributed by atoms with van der Waals surface area (Å²) < 4.78 is 0. The first-order valence-electron chi connectivity index (χ1n) is 8.92. The van der Waals surface area contributed by atoms with Gasteiger partial charge < -0.3 is 11.5 Å². The van der Waals surface area contributed by atoms with Gasteiger partial charge in [0, 0.05) is 6.42 Å². The molecule has 0 aliphatic heterocycles. The smallest absolute Gasteiger partial charge is 0.370 e. The summed E-state index contributed by atoms with van der Waals surface area (Å²) >= 11 is 0. The van der Waals surface area contributed by atoms with Crippen molar-refractivity contribution in [1.82, 2.24) is 0 Å². The fourth-order valence-corrected chi connectivity index (χ4v) is 2.19. The summed E-state index contributed by atoms with van der Waals surface area (Å²) in [5, 5.41) is 0. The van der Waals surface area contributed by atoms with Crippen LogP contribution in [0.2, 0.25) is 0 Å². The molecule has 0 spiro atoms. The van der Waals surface area contributed by atoms with E-state index in [-0.39, 0.29) is 19.3 Å². The lowest BCUT2D eigenvalue weighted by atomic mass is 10.1. The minimum Gasteiger partial charge on any atom is -0.370 e. The van der Waals surface area contributed by atoms with Gasteiger partial charge in [-0.2, -0.15) is 0 Å². The summed E-state index contributed by atoms with van der Waals surface area (Å²) in [6, 6.07) is -1.03. The molecule has 0 heterocycles. The van der Waals surface area contributed by atoms with Crippen molar-refractivity contribution in [2.75, 3.05) is 0 Å². The highest BCUT2D eigenvalue weighted by molar-refractivity contribution is 5.78. The van der Waals surface area contributed by atoms with Gasteiger partial charge in [-0.25, -0.2) is 19.4 Å². The minimum absolute atomic E-state index is 0.0251. The molecule has 0 bridgehead atoms. The molecule has 0 radical (unpaired) electrons. The molecule has 0 aliphatic carbocycles. The number of primary amides is 1. The lowest BCUT2D eigenvalue weighted by Gasteiger charge is -2.08. The number of nitrogens with two attached hydrogens (primary N) is 2. The Bertz CT molecular complexity index is 374. The standard InChI is InChI=1S/C17H32N2O5/c1-2-3-4-5-6-7-8-9-10-11-16(21)23-24-17(22)14(18)12-13-15(19)20/h14H,2-13,18H2,1H3,(H2,19,20). The van der Waals surface area contributed by atoms with Crippen molar-refractivity contribution in [3.8, 4) is 0 Å². The van der Waals surface area contributed by atoms with Crippen LogP contribution in [0.3, 0.4) is 0 Å². The molecule has 0 fully saturated rings. The van der Waals surface area contributed by atoms with Gasteiger partial charge in [0.2, 0.25) is 5.91 Å². The number of hydrogen-bond donors (Lipinski definition) is 2. The van der Waals surface area contributed by atoms with Gasteiger partial charge in [-0.1, -0.05) is 58.3 Å². The lowest BCUT2D eigenvalue weighted by molar-refractivity contribution is -0.260. The van der Waals surface area contributed by atoms with Crippen LogP contribution in [0.15, 0.2) is 0 Å². The maximum atomic E-state index is 11.4. The second-order valence-corrected chi connectivity index (χ2v) is 6.05. The predicted octanol–water partition coefficient (Wildman–Crippen LogP) is 2.50. The van der Waals surface area contributed by atoms with Crippen molar-refractivity contribution in [3.05, 3.63) is 0 Å². The molecule has 7 heteroatoms. The van der Waals surface area contributed by atoms with E-state index in [1.54, 1.807) is 0 Å². The molecule has 0 aromatic carbocycles. The van der Waals surface area contributed by atoms with Gasteiger partial charge in [-0.05, 0) is 12.8 Å². The topological polar surface area (TPSA) is 122 Å². The van der Waals surface area contributed by atoms with Crippen LogP contribution in [-0.4, -0.2) is 23.9 Å². The summed E-state index contributed by atoms with van der Waals surface area (Å²) in [5.74, 6) is -2.02. The van der Waals surface area contributed by atoms with E-state index in [1.165, 1.54) is 38.5 Å². The first-order chi connectivity index (χ1) is 11.5. The van der Waals surface area contributed by atoms with Crippen LogP contribution >= 0.6 is 0 Å². The van der Waals surface area contributed by atoms with Crippen LogP contribution in [0.4, 0.5) is 0 Å². The minimum atomic E-state index is -1.03. The lowest BCUT2D eigenvalue weighted by Crippen LogP contribution is -2.34. The normalized spacial score (nSPS) is 11.8. The fourth-order valence-electron chi connectivity index (χ4n) is 2.19. The van der Waals surface area contributed by atoms with Gasteiger partial charge >= 0.3 is 11.9 Å². The molecule has 0 aliphatic rings. The highest BCUT2D eigenvalue weighted by Crippen LogP contribution is 2.10. The number of carbonyl (C=O) groups excluding carboxylic acids is 3. The maximum absolute atomic E-state index is 11.4. The average molecular weight is 344 g/mol. The van der Waals surface area contributed by atoms with Crippen LogP contribution in [-0.2, 0) is 24.2 Å². The van der Waals surface area contributed by atoms with Crippen molar-refractivity contribution < 1.29 is 24.2 Å². The number of rotatable bonds is 14. The predicted molar refractivity (Wildman–Crippen MR) is 90.4 cm³/mol. The average Bonchev–Trinajstić information content (AvgIpc) is 2.55. The summed E-state index contributed by atoms with van der Waals surface area (Å²) in [4.78, 5) is 42.2. The Balaban J connectivity index is 3.52. The Labute approximate surface area is 144 Å². The van der Waals surface area contributed by atoms with Crippen molar-refractivity contribution >= 4 is 17.8 Å². The van der Waals surface area contributed by atoms with Gasteiger partial charge in [-0.15, -0.1) is 0 Å². The molecular formula is C17H32N2O5. The summed E-state index contributed by atoms with van der Waals surface area (Å²) in [7, 11) is 0. The number of unbranched alkanes of at least 4 members (excludes halogenated alkanes) is 8. The van der Waals surface area contributed by atoms with Gasteiger partial charge in [-0.3, -0.25) is 4.79 Å². The molecule has 0 aromatic heterocycles. The first-order valence-corrected chi connectivity index (χ1v) is 8.92. The van der Waals surface area contributed by atoms with Crippen molar-refractivity contribution in [1.29, 1.82) is 0 Å². The zero-order valence-corrected chi connectivity index (χ0v) is 14.8. The summed E-state index contributed by atoms with van der Waals surface area (Å²) in [6.07, 6.45) is 10.6. The third-order valence-corrected chi connectivity index (χ3v) is 3.71. The molecule has 0 rings (SSSR count). The van der Waals surface area contributed by atoms with E-state index in [9.17, 15) is 14.4 Å². The van der Waals surface area contributed by atoms with E-state index >= 15 is 0 Å². The molecule has 0 saturated carbocycles. The van der Waals surface area contributed by atoms with E-state index in [1.807, 2.05) is 0 Å². The molecule has 24 heavy (non-hydrogen) atoms. The number of hydrogen-bond acceptors (Lipinski definition) is 6. The molecular weight excluding hydrogens is 312 g/mol. The van der Waals surface area contributed by atoms with E-state index in [0.29, 0.717) is 6.42 Å². The molecule has 1 amide bonds. The quantitative estimate of drug-likeness (QED) is 0.284. The van der Waals surface area contributed by atoms with Crippen LogP contribution in [0.1, 0.15) is 84.0 Å². The highest BCUT2D eigenvalue weighted by Gasteiger charge is 2.18. The van der Waals surface area contributed by atoms with Crippen molar-refractivity contribution in [3.63, 3.8) is 0 Å². The molecule has 0 aromatic rings.